The maximum Gasteiger partial charge on any atom is 0.321 e. The standard InChI is InChI=1S/C13H19NO4S/c1-9(2)8-12(13(15)16)14-19(17,18)11-6-4-10(3)5-7-11/h4-7,9,12,14H,8H2,1-3H3,(H,15,16)/t12-/m0/s1. The van der Waals surface area contributed by atoms with Gasteiger partial charge in [-0.3, -0.25) is 4.79 Å². The molecule has 0 amide bonds. The first kappa shape index (κ1) is 15.7. The van der Waals surface area contributed by atoms with E-state index in [0.29, 0.717) is 0 Å². The molecular formula is C13H19NO4S. The van der Waals surface area contributed by atoms with Crippen LogP contribution in [0.1, 0.15) is 25.8 Å². The predicted octanol–water partition coefficient (Wildman–Crippen LogP) is 1.77. The molecule has 0 bridgehead atoms. The molecule has 0 aromatic heterocycles. The van der Waals surface area contributed by atoms with Gasteiger partial charge in [0.05, 0.1) is 4.90 Å². The maximum absolute atomic E-state index is 12.1. The lowest BCUT2D eigenvalue weighted by atomic mass is 10.1. The van der Waals surface area contributed by atoms with Gasteiger partial charge in [0.15, 0.2) is 0 Å². The number of hydrogen-bond acceptors (Lipinski definition) is 3. The van der Waals surface area contributed by atoms with Crippen LogP contribution in [0.4, 0.5) is 0 Å². The van der Waals surface area contributed by atoms with Crippen LogP contribution in [0.3, 0.4) is 0 Å². The van der Waals surface area contributed by atoms with Crippen LogP contribution in [0.2, 0.25) is 0 Å². The Hall–Kier alpha value is -1.40. The van der Waals surface area contributed by atoms with E-state index < -0.39 is 22.0 Å². The average molecular weight is 285 g/mol. The highest BCUT2D eigenvalue weighted by molar-refractivity contribution is 7.89. The summed E-state index contributed by atoms with van der Waals surface area (Å²) in [6.45, 7) is 5.54. The second-order valence-corrected chi connectivity index (χ2v) is 6.67. The van der Waals surface area contributed by atoms with Crippen molar-refractivity contribution in [2.45, 2.75) is 38.1 Å². The number of aryl methyl sites for hydroxylation is 1. The van der Waals surface area contributed by atoms with Crippen molar-refractivity contribution in [2.24, 2.45) is 5.92 Å². The summed E-state index contributed by atoms with van der Waals surface area (Å²) < 4.78 is 26.4. The zero-order valence-corrected chi connectivity index (χ0v) is 12.1. The summed E-state index contributed by atoms with van der Waals surface area (Å²) in [5.41, 5.74) is 0.941. The SMILES string of the molecule is Cc1ccc(S(=O)(=O)N[C@@H](CC(C)C)C(=O)O)cc1. The van der Waals surface area contributed by atoms with Crippen LogP contribution in [-0.4, -0.2) is 25.5 Å². The topological polar surface area (TPSA) is 83.5 Å². The maximum atomic E-state index is 12.1. The summed E-state index contributed by atoms with van der Waals surface area (Å²) in [6, 6.07) is 5.17. The summed E-state index contributed by atoms with van der Waals surface area (Å²) >= 11 is 0. The minimum Gasteiger partial charge on any atom is -0.480 e. The Morgan fingerprint density at radius 2 is 1.79 bits per heavy atom. The van der Waals surface area contributed by atoms with Crippen LogP contribution >= 0.6 is 0 Å². The molecule has 2 N–H and O–H groups in total. The molecule has 0 aliphatic rings. The largest absolute Gasteiger partial charge is 0.480 e. The third-order valence-electron chi connectivity index (χ3n) is 2.63. The van der Waals surface area contributed by atoms with E-state index in [9.17, 15) is 13.2 Å². The fourth-order valence-corrected chi connectivity index (χ4v) is 2.85. The molecule has 0 heterocycles. The molecule has 0 fully saturated rings. The van der Waals surface area contributed by atoms with Gasteiger partial charge in [0.25, 0.3) is 0 Å². The van der Waals surface area contributed by atoms with Crippen LogP contribution in [0.15, 0.2) is 29.2 Å². The molecule has 0 spiro atoms. The Morgan fingerprint density at radius 1 is 1.26 bits per heavy atom. The van der Waals surface area contributed by atoms with Crippen molar-refractivity contribution in [1.29, 1.82) is 0 Å². The van der Waals surface area contributed by atoms with Gasteiger partial charge in [0.2, 0.25) is 10.0 Å². The molecule has 19 heavy (non-hydrogen) atoms. The smallest absolute Gasteiger partial charge is 0.321 e. The third kappa shape index (κ3) is 4.65. The number of sulfonamides is 1. The highest BCUT2D eigenvalue weighted by Crippen LogP contribution is 2.13. The number of rotatable bonds is 6. The molecule has 1 aromatic rings. The van der Waals surface area contributed by atoms with Crippen molar-refractivity contribution in [1.82, 2.24) is 4.72 Å². The van der Waals surface area contributed by atoms with Gasteiger partial charge in [0, 0.05) is 0 Å². The van der Waals surface area contributed by atoms with Crippen molar-refractivity contribution in [3.8, 4) is 0 Å². The van der Waals surface area contributed by atoms with Crippen molar-refractivity contribution in [2.75, 3.05) is 0 Å². The summed E-state index contributed by atoms with van der Waals surface area (Å²) in [5, 5.41) is 9.05. The zero-order valence-electron chi connectivity index (χ0n) is 11.3. The van der Waals surface area contributed by atoms with Gasteiger partial charge in [-0.2, -0.15) is 4.72 Å². The van der Waals surface area contributed by atoms with E-state index in [2.05, 4.69) is 4.72 Å². The summed E-state index contributed by atoms with van der Waals surface area (Å²) in [5.74, 6) is -1.08. The fraction of sp³-hybridized carbons (Fsp3) is 0.462. The number of carbonyl (C=O) groups is 1. The van der Waals surface area contributed by atoms with Gasteiger partial charge in [-0.1, -0.05) is 31.5 Å². The molecule has 0 saturated carbocycles. The van der Waals surface area contributed by atoms with E-state index in [-0.39, 0.29) is 17.2 Å². The first-order valence-electron chi connectivity index (χ1n) is 6.04. The van der Waals surface area contributed by atoms with Gasteiger partial charge >= 0.3 is 5.97 Å². The molecule has 6 heteroatoms. The number of carboxylic acids is 1. The van der Waals surface area contributed by atoms with E-state index in [1.165, 1.54) is 12.1 Å². The van der Waals surface area contributed by atoms with E-state index in [1.54, 1.807) is 12.1 Å². The van der Waals surface area contributed by atoms with Crippen LogP contribution in [0, 0.1) is 12.8 Å². The number of carboxylic acid groups (broad SMARTS) is 1. The van der Waals surface area contributed by atoms with Crippen LogP contribution in [-0.2, 0) is 14.8 Å². The Labute approximate surface area is 113 Å². The lowest BCUT2D eigenvalue weighted by Crippen LogP contribution is -2.41. The normalized spacial score (nSPS) is 13.5. The Morgan fingerprint density at radius 3 is 2.21 bits per heavy atom. The molecule has 0 saturated heterocycles. The van der Waals surface area contributed by atoms with Gasteiger partial charge in [-0.05, 0) is 31.4 Å². The van der Waals surface area contributed by atoms with Gasteiger partial charge in [-0.15, -0.1) is 0 Å². The molecule has 106 valence electrons. The van der Waals surface area contributed by atoms with Crippen molar-refractivity contribution < 1.29 is 18.3 Å². The Balaban J connectivity index is 2.94. The van der Waals surface area contributed by atoms with E-state index >= 15 is 0 Å². The van der Waals surface area contributed by atoms with Crippen molar-refractivity contribution >= 4 is 16.0 Å². The molecule has 0 aliphatic heterocycles. The van der Waals surface area contributed by atoms with E-state index in [4.69, 9.17) is 5.11 Å². The van der Waals surface area contributed by atoms with E-state index in [0.717, 1.165) is 5.56 Å². The van der Waals surface area contributed by atoms with Crippen molar-refractivity contribution in [3.63, 3.8) is 0 Å². The molecule has 5 nitrogen and oxygen atoms in total. The molecule has 1 aromatic carbocycles. The molecule has 1 rings (SSSR count). The minimum atomic E-state index is -3.80. The highest BCUT2D eigenvalue weighted by Gasteiger charge is 2.25. The lowest BCUT2D eigenvalue weighted by Gasteiger charge is -2.16. The predicted molar refractivity (Wildman–Crippen MR) is 72.4 cm³/mol. The second kappa shape index (κ2) is 6.16. The number of aliphatic carboxylic acids is 1. The first-order valence-corrected chi connectivity index (χ1v) is 7.52. The quantitative estimate of drug-likeness (QED) is 0.834. The Kier molecular flexibility index (Phi) is 5.08. The Bertz CT molecular complexity index is 534. The number of hydrogen-bond donors (Lipinski definition) is 2. The minimum absolute atomic E-state index is 0.0770. The summed E-state index contributed by atoms with van der Waals surface area (Å²) in [6.07, 6.45) is 0.250. The lowest BCUT2D eigenvalue weighted by molar-refractivity contribution is -0.139. The first-order chi connectivity index (χ1) is 8.72. The van der Waals surface area contributed by atoms with Gasteiger partial charge in [-0.25, -0.2) is 8.42 Å². The summed E-state index contributed by atoms with van der Waals surface area (Å²) in [7, 11) is -3.80. The summed E-state index contributed by atoms with van der Waals surface area (Å²) in [4.78, 5) is 11.1. The third-order valence-corrected chi connectivity index (χ3v) is 4.12. The monoisotopic (exact) mass is 285 g/mol. The molecular weight excluding hydrogens is 266 g/mol. The number of benzene rings is 1. The van der Waals surface area contributed by atoms with Crippen LogP contribution < -0.4 is 4.72 Å². The number of nitrogens with one attached hydrogen (secondary N) is 1. The van der Waals surface area contributed by atoms with E-state index in [1.807, 2.05) is 20.8 Å². The van der Waals surface area contributed by atoms with Gasteiger partial charge < -0.3 is 5.11 Å². The second-order valence-electron chi connectivity index (χ2n) is 4.95. The fourth-order valence-electron chi connectivity index (χ4n) is 1.64. The molecule has 1 atom stereocenters. The molecule has 0 aliphatic carbocycles. The van der Waals surface area contributed by atoms with Crippen LogP contribution in [0.5, 0.6) is 0 Å². The highest BCUT2D eigenvalue weighted by atomic mass is 32.2. The molecule has 0 unspecified atom stereocenters. The average Bonchev–Trinajstić information content (AvgIpc) is 2.27. The zero-order chi connectivity index (χ0) is 14.6. The van der Waals surface area contributed by atoms with Gasteiger partial charge in [0.1, 0.15) is 6.04 Å². The van der Waals surface area contributed by atoms with Crippen LogP contribution in [0.25, 0.3) is 0 Å². The van der Waals surface area contributed by atoms with Crippen molar-refractivity contribution in [3.05, 3.63) is 29.8 Å². The molecule has 0 radical (unpaired) electrons.